The zero-order valence-electron chi connectivity index (χ0n) is 31.2. The molecule has 2 amide bonds. The van der Waals surface area contributed by atoms with Gasteiger partial charge >= 0.3 is 11.9 Å². The third-order valence-corrected chi connectivity index (χ3v) is 9.17. The topological polar surface area (TPSA) is 176 Å². The molecule has 2 heterocycles. The second kappa shape index (κ2) is 18.3. The van der Waals surface area contributed by atoms with Gasteiger partial charge in [-0.1, -0.05) is 56.3 Å². The summed E-state index contributed by atoms with van der Waals surface area (Å²) in [6, 6.07) is 19.8. The van der Waals surface area contributed by atoms with Gasteiger partial charge in [0, 0.05) is 63.9 Å². The van der Waals surface area contributed by atoms with Crippen LogP contribution in [0.5, 0.6) is 11.5 Å². The van der Waals surface area contributed by atoms with E-state index >= 15 is 0 Å². The van der Waals surface area contributed by atoms with Gasteiger partial charge in [0.05, 0.1) is 5.56 Å². The molecule has 54 heavy (non-hydrogen) atoms. The summed E-state index contributed by atoms with van der Waals surface area (Å²) in [6.45, 7) is 10.7. The number of carbonyl (C=O) groups is 4. The van der Waals surface area contributed by atoms with Crippen molar-refractivity contribution in [1.29, 1.82) is 0 Å². The number of rotatable bonds is 15. The van der Waals surface area contributed by atoms with Crippen LogP contribution >= 0.6 is 0 Å². The fourth-order valence-electron chi connectivity index (χ4n) is 6.18. The predicted molar refractivity (Wildman–Crippen MR) is 200 cm³/mol. The van der Waals surface area contributed by atoms with Gasteiger partial charge in [-0.2, -0.15) is 0 Å². The fraction of sp³-hybridized carbons (Fsp3) is 0.400. The maximum absolute atomic E-state index is 13.0. The number of piperazine rings is 1. The van der Waals surface area contributed by atoms with E-state index < -0.39 is 23.9 Å². The van der Waals surface area contributed by atoms with Crippen LogP contribution in [0.3, 0.4) is 0 Å². The highest BCUT2D eigenvalue weighted by molar-refractivity contribution is 5.92. The van der Waals surface area contributed by atoms with E-state index in [9.17, 15) is 29.4 Å². The van der Waals surface area contributed by atoms with Crippen molar-refractivity contribution in [2.45, 2.75) is 72.1 Å². The molecule has 4 aromatic rings. The summed E-state index contributed by atoms with van der Waals surface area (Å²) in [5.74, 6) is -1.55. The summed E-state index contributed by atoms with van der Waals surface area (Å²) in [4.78, 5) is 54.5. The van der Waals surface area contributed by atoms with E-state index in [1.54, 1.807) is 15.5 Å². The standard InChI is InChI=1S/C40H48N6O8/c1-5-41-39(51)38-43-42-37(32-22-31(26(2)3)33(47)23-34(32)48)46(38)30-16-14-28(15-17-30)24-44-18-20-45(21-19-44)35(49)12-9-13-36(50)54-27(4)40(52)53-25-29-10-7-6-8-11-29/h6-8,10-11,14-17,22-23,26-27,47-48H,5,9,12-13,18-21,24-25H2,1-4H3,(H,41,51)/t27-/m0/s1. The predicted octanol–water partition coefficient (Wildman–Crippen LogP) is 4.71. The van der Waals surface area contributed by atoms with E-state index in [4.69, 9.17) is 9.47 Å². The minimum absolute atomic E-state index is 0.0223. The molecule has 1 aromatic heterocycles. The van der Waals surface area contributed by atoms with E-state index in [1.807, 2.05) is 75.4 Å². The lowest BCUT2D eigenvalue weighted by atomic mass is 9.98. The lowest BCUT2D eigenvalue weighted by Crippen LogP contribution is -2.48. The number of benzene rings is 3. The van der Waals surface area contributed by atoms with Crippen LogP contribution in [-0.4, -0.2) is 97.4 Å². The molecular formula is C40H48N6O8. The quantitative estimate of drug-likeness (QED) is 0.144. The van der Waals surface area contributed by atoms with Crippen LogP contribution in [0.15, 0.2) is 66.7 Å². The molecular weight excluding hydrogens is 692 g/mol. The summed E-state index contributed by atoms with van der Waals surface area (Å²) < 4.78 is 12.0. The first-order valence-corrected chi connectivity index (χ1v) is 18.2. The lowest BCUT2D eigenvalue weighted by molar-refractivity contribution is -0.167. The number of phenolic OH excluding ortho intramolecular Hbond substituents is 2. The van der Waals surface area contributed by atoms with E-state index in [-0.39, 0.29) is 54.4 Å². The van der Waals surface area contributed by atoms with Gasteiger partial charge in [-0.05, 0) is 61.1 Å². The van der Waals surface area contributed by atoms with Gasteiger partial charge in [-0.25, -0.2) is 4.79 Å². The first-order valence-electron chi connectivity index (χ1n) is 18.2. The van der Waals surface area contributed by atoms with Crippen LogP contribution in [-0.2, 0) is 37.0 Å². The van der Waals surface area contributed by atoms with Crippen LogP contribution in [0.2, 0.25) is 0 Å². The summed E-state index contributed by atoms with van der Waals surface area (Å²) in [5.41, 5.74) is 3.44. The van der Waals surface area contributed by atoms with Gasteiger partial charge in [-0.3, -0.25) is 23.9 Å². The molecule has 5 rings (SSSR count). The summed E-state index contributed by atoms with van der Waals surface area (Å²) in [7, 11) is 0. The van der Waals surface area contributed by atoms with E-state index in [0.717, 1.165) is 11.1 Å². The van der Waals surface area contributed by atoms with Crippen molar-refractivity contribution < 1.29 is 38.9 Å². The van der Waals surface area contributed by atoms with Crippen LogP contribution in [0, 0.1) is 0 Å². The van der Waals surface area contributed by atoms with Crippen molar-refractivity contribution in [3.8, 4) is 28.6 Å². The van der Waals surface area contributed by atoms with Crippen LogP contribution in [0.1, 0.15) is 80.2 Å². The smallest absolute Gasteiger partial charge is 0.347 e. The lowest BCUT2D eigenvalue weighted by Gasteiger charge is -2.34. The summed E-state index contributed by atoms with van der Waals surface area (Å²) in [5, 5.41) is 32.4. The number of phenols is 2. The van der Waals surface area contributed by atoms with Crippen LogP contribution < -0.4 is 5.32 Å². The maximum Gasteiger partial charge on any atom is 0.347 e. The average Bonchev–Trinajstić information content (AvgIpc) is 3.60. The van der Waals surface area contributed by atoms with E-state index in [1.165, 1.54) is 13.0 Å². The maximum atomic E-state index is 13.0. The zero-order valence-corrected chi connectivity index (χ0v) is 31.2. The monoisotopic (exact) mass is 740 g/mol. The molecule has 14 nitrogen and oxygen atoms in total. The van der Waals surface area contributed by atoms with Crippen LogP contribution in [0.4, 0.5) is 0 Å². The molecule has 1 aliphatic heterocycles. The molecule has 3 N–H and O–H groups in total. The van der Waals surface area contributed by atoms with Crippen molar-refractivity contribution >= 4 is 23.8 Å². The molecule has 0 unspecified atom stereocenters. The van der Waals surface area contributed by atoms with Crippen molar-refractivity contribution in [3.63, 3.8) is 0 Å². The van der Waals surface area contributed by atoms with Crippen LogP contribution in [0.25, 0.3) is 17.1 Å². The molecule has 0 radical (unpaired) electrons. The third kappa shape index (κ3) is 10.0. The molecule has 1 saturated heterocycles. The fourth-order valence-corrected chi connectivity index (χ4v) is 6.18. The number of carbonyl (C=O) groups excluding carboxylic acids is 4. The molecule has 286 valence electrons. The van der Waals surface area contributed by atoms with E-state index in [2.05, 4.69) is 20.4 Å². The molecule has 14 heteroatoms. The Labute approximate surface area is 314 Å². The van der Waals surface area contributed by atoms with Gasteiger partial charge in [0.15, 0.2) is 11.9 Å². The highest BCUT2D eigenvalue weighted by Gasteiger charge is 2.26. The number of amides is 2. The Morgan fingerprint density at radius 3 is 2.22 bits per heavy atom. The second-order valence-corrected chi connectivity index (χ2v) is 13.5. The minimum atomic E-state index is -1.04. The number of nitrogens with one attached hydrogen (secondary N) is 1. The van der Waals surface area contributed by atoms with Crippen molar-refractivity contribution in [2.24, 2.45) is 0 Å². The summed E-state index contributed by atoms with van der Waals surface area (Å²) in [6.07, 6.45) is -0.497. The number of hydrogen-bond donors (Lipinski definition) is 3. The van der Waals surface area contributed by atoms with Gasteiger partial charge in [-0.15, -0.1) is 10.2 Å². The Kier molecular flexibility index (Phi) is 13.4. The van der Waals surface area contributed by atoms with Crippen molar-refractivity contribution in [3.05, 3.63) is 89.2 Å². The second-order valence-electron chi connectivity index (χ2n) is 13.5. The van der Waals surface area contributed by atoms with Gasteiger partial charge in [0.1, 0.15) is 18.1 Å². The largest absolute Gasteiger partial charge is 0.508 e. The normalized spacial score (nSPS) is 13.8. The molecule has 1 atom stereocenters. The Bertz CT molecular complexity index is 1920. The molecule has 0 saturated carbocycles. The summed E-state index contributed by atoms with van der Waals surface area (Å²) >= 11 is 0. The first kappa shape index (κ1) is 39.4. The Morgan fingerprint density at radius 2 is 1.56 bits per heavy atom. The number of aromatic nitrogens is 3. The van der Waals surface area contributed by atoms with Gasteiger partial charge in [0.2, 0.25) is 11.7 Å². The first-order chi connectivity index (χ1) is 25.9. The molecule has 0 aliphatic carbocycles. The van der Waals surface area contributed by atoms with Gasteiger partial charge in [0.25, 0.3) is 5.91 Å². The number of aromatic hydroxyl groups is 2. The third-order valence-electron chi connectivity index (χ3n) is 9.17. The Hall–Kier alpha value is -5.76. The number of hydrogen-bond acceptors (Lipinski definition) is 11. The van der Waals surface area contributed by atoms with Crippen molar-refractivity contribution in [1.82, 2.24) is 29.9 Å². The van der Waals surface area contributed by atoms with Crippen molar-refractivity contribution in [2.75, 3.05) is 32.7 Å². The zero-order chi connectivity index (χ0) is 38.8. The minimum Gasteiger partial charge on any atom is -0.508 e. The molecule has 0 spiro atoms. The average molecular weight is 741 g/mol. The highest BCUT2D eigenvalue weighted by Crippen LogP contribution is 2.38. The number of esters is 2. The molecule has 0 bridgehead atoms. The molecule has 1 aliphatic rings. The van der Waals surface area contributed by atoms with Gasteiger partial charge < -0.3 is 29.9 Å². The molecule has 1 fully saturated rings. The Balaban J connectivity index is 1.12. The highest BCUT2D eigenvalue weighted by atomic mass is 16.6. The number of ether oxygens (including phenoxy) is 2. The van der Waals surface area contributed by atoms with E-state index in [0.29, 0.717) is 62.5 Å². The SMILES string of the molecule is CCNC(=O)c1nnc(-c2cc(C(C)C)c(O)cc2O)n1-c1ccc(CN2CCN(C(=O)CCCC(=O)O[C@@H](C)C(=O)OCc3ccccc3)CC2)cc1. The number of nitrogens with zero attached hydrogens (tertiary/aromatic N) is 5. The Morgan fingerprint density at radius 1 is 0.852 bits per heavy atom. The molecule has 3 aromatic carbocycles.